The molecule has 1 heterocycles. The molecule has 3 rings (SSSR count). The largest absolute Gasteiger partial charge is 0.308 e. The summed E-state index contributed by atoms with van der Waals surface area (Å²) < 4.78 is 1.25. The van der Waals surface area contributed by atoms with Crippen molar-refractivity contribution in [2.24, 2.45) is 0 Å². The molecule has 0 amide bonds. The SMILES string of the molecule is CCCC1CNC2(CCCC2)CN1Cc1ccccc1Br. The van der Waals surface area contributed by atoms with Crippen LogP contribution in [0.25, 0.3) is 0 Å². The van der Waals surface area contributed by atoms with Gasteiger partial charge in [0.05, 0.1) is 0 Å². The Morgan fingerprint density at radius 1 is 1.29 bits per heavy atom. The Bertz CT molecular complexity index is 468. The molecule has 0 aromatic heterocycles. The van der Waals surface area contributed by atoms with Gasteiger partial charge in [0.15, 0.2) is 0 Å². The number of halogens is 1. The molecule has 1 aromatic rings. The molecule has 21 heavy (non-hydrogen) atoms. The van der Waals surface area contributed by atoms with Crippen LogP contribution in [0.5, 0.6) is 0 Å². The first-order chi connectivity index (χ1) is 10.2. The van der Waals surface area contributed by atoms with Crippen LogP contribution >= 0.6 is 15.9 Å². The molecule has 1 aliphatic heterocycles. The fourth-order valence-electron chi connectivity index (χ4n) is 4.07. The van der Waals surface area contributed by atoms with Crippen LogP contribution in [0.4, 0.5) is 0 Å². The highest BCUT2D eigenvalue weighted by Crippen LogP contribution is 2.34. The second-order valence-electron chi connectivity index (χ2n) is 6.81. The Morgan fingerprint density at radius 2 is 2.05 bits per heavy atom. The molecule has 1 N–H and O–H groups in total. The number of rotatable bonds is 4. The van der Waals surface area contributed by atoms with E-state index >= 15 is 0 Å². The smallest absolute Gasteiger partial charge is 0.0309 e. The van der Waals surface area contributed by atoms with Gasteiger partial charge in [0.1, 0.15) is 0 Å². The third-order valence-corrected chi connectivity index (χ3v) is 6.02. The molecule has 3 heteroatoms. The topological polar surface area (TPSA) is 15.3 Å². The van der Waals surface area contributed by atoms with Gasteiger partial charge in [-0.05, 0) is 30.9 Å². The average molecular weight is 351 g/mol. The summed E-state index contributed by atoms with van der Waals surface area (Å²) in [6.45, 7) is 5.77. The van der Waals surface area contributed by atoms with Crippen LogP contribution in [0.1, 0.15) is 51.0 Å². The first-order valence-electron chi connectivity index (χ1n) is 8.45. The molecule has 1 saturated heterocycles. The number of hydrogen-bond donors (Lipinski definition) is 1. The summed E-state index contributed by atoms with van der Waals surface area (Å²) >= 11 is 3.71. The van der Waals surface area contributed by atoms with Gasteiger partial charge in [0.25, 0.3) is 0 Å². The zero-order valence-electron chi connectivity index (χ0n) is 13.1. The Labute approximate surface area is 137 Å². The molecule has 2 aliphatic rings. The summed E-state index contributed by atoms with van der Waals surface area (Å²) in [5, 5.41) is 3.91. The Balaban J connectivity index is 1.75. The summed E-state index contributed by atoms with van der Waals surface area (Å²) in [5.74, 6) is 0. The van der Waals surface area contributed by atoms with Crippen molar-refractivity contribution in [3.8, 4) is 0 Å². The van der Waals surface area contributed by atoms with E-state index in [1.54, 1.807) is 0 Å². The molecule has 2 nitrogen and oxygen atoms in total. The van der Waals surface area contributed by atoms with E-state index in [1.165, 1.54) is 55.1 Å². The number of piperazine rings is 1. The van der Waals surface area contributed by atoms with Crippen LogP contribution in [-0.2, 0) is 6.54 Å². The lowest BCUT2D eigenvalue weighted by atomic mass is 9.91. The molecule has 1 unspecified atom stereocenters. The van der Waals surface area contributed by atoms with E-state index < -0.39 is 0 Å². The standard InChI is InChI=1S/C18H27BrN2/c1-2-7-16-12-20-18(10-5-6-11-18)14-21(16)13-15-8-3-4-9-17(15)19/h3-4,8-9,16,20H,2,5-7,10-14H2,1H3. The van der Waals surface area contributed by atoms with Crippen LogP contribution in [0, 0.1) is 0 Å². The van der Waals surface area contributed by atoms with E-state index in [-0.39, 0.29) is 0 Å². The Kier molecular flexibility index (Phi) is 5.03. The predicted octanol–water partition coefficient (Wildman–Crippen LogP) is 4.34. The van der Waals surface area contributed by atoms with E-state index in [0.29, 0.717) is 11.6 Å². The van der Waals surface area contributed by atoms with Crippen molar-refractivity contribution in [3.05, 3.63) is 34.3 Å². The van der Waals surface area contributed by atoms with E-state index in [2.05, 4.69) is 57.3 Å². The Morgan fingerprint density at radius 3 is 2.76 bits per heavy atom. The van der Waals surface area contributed by atoms with Crippen LogP contribution in [0.2, 0.25) is 0 Å². The van der Waals surface area contributed by atoms with Crippen molar-refractivity contribution in [1.82, 2.24) is 10.2 Å². The highest BCUT2D eigenvalue weighted by atomic mass is 79.9. The van der Waals surface area contributed by atoms with Gasteiger partial charge in [0, 0.05) is 35.7 Å². The molecule has 1 aliphatic carbocycles. The van der Waals surface area contributed by atoms with Crippen molar-refractivity contribution in [2.75, 3.05) is 13.1 Å². The zero-order chi connectivity index (χ0) is 14.7. The van der Waals surface area contributed by atoms with E-state index in [4.69, 9.17) is 0 Å². The maximum absolute atomic E-state index is 3.91. The number of benzene rings is 1. The summed E-state index contributed by atoms with van der Waals surface area (Å²) in [7, 11) is 0. The van der Waals surface area contributed by atoms with Gasteiger partial charge in [-0.3, -0.25) is 4.90 Å². The Hall–Kier alpha value is -0.380. The second kappa shape index (κ2) is 6.80. The molecule has 2 fully saturated rings. The summed E-state index contributed by atoms with van der Waals surface area (Å²) in [5.41, 5.74) is 1.83. The van der Waals surface area contributed by atoms with Gasteiger partial charge in [-0.15, -0.1) is 0 Å². The van der Waals surface area contributed by atoms with Crippen LogP contribution < -0.4 is 5.32 Å². The highest BCUT2D eigenvalue weighted by Gasteiger charge is 2.40. The first kappa shape index (κ1) is 15.5. The van der Waals surface area contributed by atoms with Crippen LogP contribution in [-0.4, -0.2) is 29.6 Å². The third-order valence-electron chi connectivity index (χ3n) is 5.25. The van der Waals surface area contributed by atoms with Gasteiger partial charge < -0.3 is 5.32 Å². The molecule has 1 aromatic carbocycles. The lowest BCUT2D eigenvalue weighted by molar-refractivity contribution is 0.0688. The molecular formula is C18H27BrN2. The second-order valence-corrected chi connectivity index (χ2v) is 7.66. The minimum absolute atomic E-state index is 0.408. The molecule has 1 spiro atoms. The molecule has 1 atom stereocenters. The van der Waals surface area contributed by atoms with Crippen molar-refractivity contribution in [2.45, 2.75) is 63.6 Å². The number of nitrogens with one attached hydrogen (secondary N) is 1. The fraction of sp³-hybridized carbons (Fsp3) is 0.667. The van der Waals surface area contributed by atoms with Crippen molar-refractivity contribution < 1.29 is 0 Å². The summed E-state index contributed by atoms with van der Waals surface area (Å²) in [6.07, 6.45) is 8.08. The maximum atomic E-state index is 3.91. The van der Waals surface area contributed by atoms with E-state index in [9.17, 15) is 0 Å². The van der Waals surface area contributed by atoms with Gasteiger partial charge in [-0.2, -0.15) is 0 Å². The highest BCUT2D eigenvalue weighted by molar-refractivity contribution is 9.10. The lowest BCUT2D eigenvalue weighted by Crippen LogP contribution is -2.62. The monoisotopic (exact) mass is 350 g/mol. The molecule has 116 valence electrons. The fourth-order valence-corrected chi connectivity index (χ4v) is 4.48. The maximum Gasteiger partial charge on any atom is 0.0309 e. The molecule has 1 saturated carbocycles. The number of hydrogen-bond acceptors (Lipinski definition) is 2. The lowest BCUT2D eigenvalue weighted by Gasteiger charge is -2.46. The van der Waals surface area contributed by atoms with Gasteiger partial charge in [0.2, 0.25) is 0 Å². The summed E-state index contributed by atoms with van der Waals surface area (Å²) in [6, 6.07) is 9.37. The average Bonchev–Trinajstić information content (AvgIpc) is 2.93. The number of nitrogens with zero attached hydrogens (tertiary/aromatic N) is 1. The molecule has 0 radical (unpaired) electrons. The third kappa shape index (κ3) is 3.52. The minimum Gasteiger partial charge on any atom is -0.308 e. The molecular weight excluding hydrogens is 324 g/mol. The van der Waals surface area contributed by atoms with Crippen molar-refractivity contribution in [1.29, 1.82) is 0 Å². The predicted molar refractivity (Wildman–Crippen MR) is 92.4 cm³/mol. The van der Waals surface area contributed by atoms with Crippen LogP contribution in [0.3, 0.4) is 0 Å². The normalized spacial score (nSPS) is 25.5. The van der Waals surface area contributed by atoms with E-state index in [0.717, 1.165) is 13.1 Å². The van der Waals surface area contributed by atoms with Crippen molar-refractivity contribution in [3.63, 3.8) is 0 Å². The van der Waals surface area contributed by atoms with Gasteiger partial charge in [-0.1, -0.05) is 60.3 Å². The molecule has 0 bridgehead atoms. The van der Waals surface area contributed by atoms with Crippen LogP contribution in [0.15, 0.2) is 28.7 Å². The van der Waals surface area contributed by atoms with Crippen molar-refractivity contribution >= 4 is 15.9 Å². The minimum atomic E-state index is 0.408. The quantitative estimate of drug-likeness (QED) is 0.868. The van der Waals surface area contributed by atoms with Gasteiger partial charge >= 0.3 is 0 Å². The van der Waals surface area contributed by atoms with E-state index in [1.807, 2.05) is 0 Å². The zero-order valence-corrected chi connectivity index (χ0v) is 14.7. The summed E-state index contributed by atoms with van der Waals surface area (Å²) in [4.78, 5) is 2.74. The first-order valence-corrected chi connectivity index (χ1v) is 9.24. The van der Waals surface area contributed by atoms with Gasteiger partial charge in [-0.25, -0.2) is 0 Å².